The van der Waals surface area contributed by atoms with Crippen molar-refractivity contribution in [2.75, 3.05) is 19.7 Å². The lowest BCUT2D eigenvalue weighted by Gasteiger charge is -2.19. The molecule has 128 valence electrons. The fourth-order valence-electron chi connectivity index (χ4n) is 3.78. The molecule has 2 N–H and O–H groups in total. The summed E-state index contributed by atoms with van der Waals surface area (Å²) in [7, 11) is 0. The number of ether oxygens (including phenoxy) is 1. The molecule has 2 fully saturated rings. The summed E-state index contributed by atoms with van der Waals surface area (Å²) < 4.78 is 5.79. The van der Waals surface area contributed by atoms with Gasteiger partial charge < -0.3 is 15.4 Å². The van der Waals surface area contributed by atoms with Crippen LogP contribution in [0.5, 0.6) is 5.75 Å². The molecule has 1 amide bonds. The van der Waals surface area contributed by atoms with Gasteiger partial charge in [-0.05, 0) is 55.7 Å². The monoisotopic (exact) mass is 338 g/mol. The van der Waals surface area contributed by atoms with Crippen molar-refractivity contribution in [2.24, 2.45) is 17.6 Å². The van der Waals surface area contributed by atoms with E-state index in [0.717, 1.165) is 30.8 Å². The lowest BCUT2D eigenvalue weighted by Crippen LogP contribution is -2.34. The maximum Gasteiger partial charge on any atom is 0.226 e. The Kier molecular flexibility index (Phi) is 5.93. The molecule has 3 atom stereocenters. The summed E-state index contributed by atoms with van der Waals surface area (Å²) in [6.45, 7) is 6.25. The minimum absolute atomic E-state index is 0. The number of nitrogens with zero attached hydrogens (tertiary/aromatic N) is 1. The van der Waals surface area contributed by atoms with Crippen molar-refractivity contribution in [2.45, 2.75) is 39.2 Å². The summed E-state index contributed by atoms with van der Waals surface area (Å²) in [5.41, 5.74) is 8.41. The first-order chi connectivity index (χ1) is 10.5. The predicted molar refractivity (Wildman–Crippen MR) is 94.0 cm³/mol. The van der Waals surface area contributed by atoms with Gasteiger partial charge in [-0.3, -0.25) is 4.79 Å². The highest BCUT2D eigenvalue weighted by Gasteiger charge is 2.42. The maximum absolute atomic E-state index is 12.3. The van der Waals surface area contributed by atoms with Gasteiger partial charge in [-0.25, -0.2) is 0 Å². The summed E-state index contributed by atoms with van der Waals surface area (Å²) in [5, 5.41) is 0. The minimum Gasteiger partial charge on any atom is -0.493 e. The number of amides is 1. The van der Waals surface area contributed by atoms with Gasteiger partial charge in [0.2, 0.25) is 5.91 Å². The van der Waals surface area contributed by atoms with E-state index >= 15 is 0 Å². The van der Waals surface area contributed by atoms with E-state index in [4.69, 9.17) is 10.5 Å². The van der Waals surface area contributed by atoms with Crippen molar-refractivity contribution < 1.29 is 9.53 Å². The Morgan fingerprint density at radius 2 is 2.09 bits per heavy atom. The van der Waals surface area contributed by atoms with Crippen LogP contribution in [0.2, 0.25) is 0 Å². The van der Waals surface area contributed by atoms with Gasteiger partial charge in [0.1, 0.15) is 5.75 Å². The molecule has 1 aliphatic carbocycles. The molecule has 0 bridgehead atoms. The highest BCUT2D eigenvalue weighted by Crippen LogP contribution is 2.37. The highest BCUT2D eigenvalue weighted by molar-refractivity contribution is 5.85. The van der Waals surface area contributed by atoms with Crippen LogP contribution < -0.4 is 10.5 Å². The minimum atomic E-state index is 0. The van der Waals surface area contributed by atoms with Gasteiger partial charge in [-0.2, -0.15) is 0 Å². The quantitative estimate of drug-likeness (QED) is 0.918. The van der Waals surface area contributed by atoms with Crippen LogP contribution in [-0.4, -0.2) is 36.5 Å². The predicted octanol–water partition coefficient (Wildman–Crippen LogP) is 2.69. The second-order valence-corrected chi connectivity index (χ2v) is 6.83. The van der Waals surface area contributed by atoms with Gasteiger partial charge >= 0.3 is 0 Å². The molecule has 1 saturated heterocycles. The molecule has 2 aliphatic rings. The van der Waals surface area contributed by atoms with E-state index in [1.807, 2.05) is 24.8 Å². The molecular weight excluding hydrogens is 312 g/mol. The van der Waals surface area contributed by atoms with E-state index in [1.165, 1.54) is 12.0 Å². The van der Waals surface area contributed by atoms with Gasteiger partial charge in [0.25, 0.3) is 0 Å². The summed E-state index contributed by atoms with van der Waals surface area (Å²) in [6, 6.07) is 6.43. The fraction of sp³-hybridized carbons (Fsp3) is 0.611. The summed E-state index contributed by atoms with van der Waals surface area (Å²) in [4.78, 5) is 14.3. The summed E-state index contributed by atoms with van der Waals surface area (Å²) in [5.74, 6) is 2.22. The smallest absolute Gasteiger partial charge is 0.226 e. The van der Waals surface area contributed by atoms with Crippen molar-refractivity contribution in [1.82, 2.24) is 4.90 Å². The van der Waals surface area contributed by atoms with Crippen LogP contribution in [0, 0.1) is 25.7 Å². The van der Waals surface area contributed by atoms with Crippen LogP contribution in [0.4, 0.5) is 0 Å². The Hall–Kier alpha value is -1.26. The molecule has 5 heteroatoms. The number of likely N-dealkylation sites (tertiary alicyclic amines) is 1. The fourth-order valence-corrected chi connectivity index (χ4v) is 3.78. The van der Waals surface area contributed by atoms with Crippen LogP contribution in [0.3, 0.4) is 0 Å². The molecule has 1 heterocycles. The zero-order chi connectivity index (χ0) is 15.7. The number of aryl methyl sites for hydroxylation is 2. The molecule has 3 rings (SSSR count). The average Bonchev–Trinajstić information content (AvgIpc) is 3.05. The van der Waals surface area contributed by atoms with Crippen molar-refractivity contribution in [3.05, 3.63) is 29.3 Å². The Labute approximate surface area is 144 Å². The molecule has 0 aromatic heterocycles. The number of carbonyl (C=O) groups excluding carboxylic acids is 1. The van der Waals surface area contributed by atoms with Crippen LogP contribution >= 0.6 is 12.4 Å². The first-order valence-electron chi connectivity index (χ1n) is 8.28. The Morgan fingerprint density at radius 3 is 2.83 bits per heavy atom. The van der Waals surface area contributed by atoms with Crippen LogP contribution in [0.1, 0.15) is 30.4 Å². The number of halogens is 1. The first kappa shape index (κ1) is 18.1. The molecule has 23 heavy (non-hydrogen) atoms. The van der Waals surface area contributed by atoms with Gasteiger partial charge in [-0.15, -0.1) is 12.4 Å². The van der Waals surface area contributed by atoms with Crippen molar-refractivity contribution in [3.8, 4) is 5.75 Å². The molecule has 3 unspecified atom stereocenters. The van der Waals surface area contributed by atoms with Crippen LogP contribution in [0.15, 0.2) is 18.2 Å². The Bertz CT molecular complexity index is 564. The molecule has 0 spiro atoms. The third-order valence-electron chi connectivity index (χ3n) is 5.18. The second kappa shape index (κ2) is 7.54. The van der Waals surface area contributed by atoms with Crippen LogP contribution in [-0.2, 0) is 4.79 Å². The van der Waals surface area contributed by atoms with Gasteiger partial charge in [0.05, 0.1) is 13.0 Å². The van der Waals surface area contributed by atoms with E-state index in [0.29, 0.717) is 24.9 Å². The lowest BCUT2D eigenvalue weighted by atomic mass is 9.98. The van der Waals surface area contributed by atoms with Gasteiger partial charge in [-0.1, -0.05) is 12.1 Å². The van der Waals surface area contributed by atoms with Crippen molar-refractivity contribution >= 4 is 18.3 Å². The number of hydrogen-bond donors (Lipinski definition) is 1. The standard InChI is InChI=1S/C18H26N2O2.ClH/c1-12-3-4-13(2)17(9-12)22-8-7-18(21)20-10-14-5-6-16(19)15(14)11-20;/h3-4,9,14-16H,5-8,10-11,19H2,1-2H3;1H. The third kappa shape index (κ3) is 3.99. The number of fused-ring (bicyclic) bond motifs is 1. The number of hydrogen-bond acceptors (Lipinski definition) is 3. The molecule has 1 aliphatic heterocycles. The molecule has 1 aromatic carbocycles. The van der Waals surface area contributed by atoms with Crippen LogP contribution in [0.25, 0.3) is 0 Å². The number of benzene rings is 1. The number of rotatable bonds is 4. The van der Waals surface area contributed by atoms with E-state index in [2.05, 4.69) is 12.1 Å². The topological polar surface area (TPSA) is 55.6 Å². The van der Waals surface area contributed by atoms with Gasteiger partial charge in [0, 0.05) is 19.1 Å². The van der Waals surface area contributed by atoms with Crippen molar-refractivity contribution in [1.29, 1.82) is 0 Å². The van der Waals surface area contributed by atoms with Crippen molar-refractivity contribution in [3.63, 3.8) is 0 Å². The number of carbonyl (C=O) groups is 1. The highest BCUT2D eigenvalue weighted by atomic mass is 35.5. The second-order valence-electron chi connectivity index (χ2n) is 6.83. The SMILES string of the molecule is Cc1ccc(C)c(OCCC(=O)N2CC3CCC(N)C3C2)c1.Cl. The van der Waals surface area contributed by atoms with E-state index in [1.54, 1.807) is 0 Å². The lowest BCUT2D eigenvalue weighted by molar-refractivity contribution is -0.131. The Morgan fingerprint density at radius 1 is 1.30 bits per heavy atom. The molecular formula is C18H27ClN2O2. The average molecular weight is 339 g/mol. The third-order valence-corrected chi connectivity index (χ3v) is 5.18. The van der Waals surface area contributed by atoms with Gasteiger partial charge in [0.15, 0.2) is 0 Å². The zero-order valence-corrected chi connectivity index (χ0v) is 14.8. The molecule has 1 saturated carbocycles. The molecule has 4 nitrogen and oxygen atoms in total. The van der Waals surface area contributed by atoms with E-state index in [-0.39, 0.29) is 24.4 Å². The zero-order valence-electron chi connectivity index (χ0n) is 14.0. The molecule has 0 radical (unpaired) electrons. The Balaban J connectivity index is 0.00000192. The first-order valence-corrected chi connectivity index (χ1v) is 8.28. The summed E-state index contributed by atoms with van der Waals surface area (Å²) >= 11 is 0. The van der Waals surface area contributed by atoms with E-state index in [9.17, 15) is 4.79 Å². The summed E-state index contributed by atoms with van der Waals surface area (Å²) in [6.07, 6.45) is 2.74. The largest absolute Gasteiger partial charge is 0.493 e. The number of nitrogens with two attached hydrogens (primary N) is 1. The maximum atomic E-state index is 12.3. The van der Waals surface area contributed by atoms with E-state index < -0.39 is 0 Å². The normalized spacial score (nSPS) is 25.9. The molecule has 1 aromatic rings.